The summed E-state index contributed by atoms with van der Waals surface area (Å²) in [4.78, 5) is 8.44. The van der Waals surface area contributed by atoms with Crippen LogP contribution in [-0.2, 0) is 13.5 Å². The van der Waals surface area contributed by atoms with Crippen LogP contribution in [0.2, 0.25) is 0 Å². The van der Waals surface area contributed by atoms with Crippen LogP contribution < -0.4 is 5.73 Å². The molecule has 0 unspecified atom stereocenters. The number of pyridine rings is 1. The summed E-state index contributed by atoms with van der Waals surface area (Å²) in [6.07, 6.45) is 3.62. The van der Waals surface area contributed by atoms with Gasteiger partial charge in [-0.1, -0.05) is 6.92 Å². The maximum absolute atomic E-state index is 5.64. The second-order valence-corrected chi connectivity index (χ2v) is 3.69. The van der Waals surface area contributed by atoms with Crippen LogP contribution in [0.15, 0.2) is 18.3 Å². The topological polar surface area (TPSA) is 69.6 Å². The van der Waals surface area contributed by atoms with Crippen LogP contribution in [0.1, 0.15) is 19.2 Å². The van der Waals surface area contributed by atoms with Gasteiger partial charge in [0.15, 0.2) is 11.6 Å². The number of nitrogens with two attached hydrogens (primary N) is 1. The molecule has 0 aliphatic heterocycles. The molecule has 0 radical (unpaired) electrons. The van der Waals surface area contributed by atoms with Gasteiger partial charge in [0.2, 0.25) is 0 Å². The number of hydrogen-bond donors (Lipinski definition) is 1. The van der Waals surface area contributed by atoms with E-state index in [1.54, 1.807) is 16.9 Å². The molecular weight excluding hydrogens is 202 g/mol. The zero-order chi connectivity index (χ0) is 11.5. The molecule has 5 nitrogen and oxygen atoms in total. The molecule has 0 amide bonds. The monoisotopic (exact) mass is 217 g/mol. The molecule has 0 atom stereocenters. The Hall–Kier alpha value is -1.91. The Kier molecular flexibility index (Phi) is 2.85. The van der Waals surface area contributed by atoms with E-state index in [1.807, 2.05) is 13.1 Å². The highest BCUT2D eigenvalue weighted by atomic mass is 15.3. The van der Waals surface area contributed by atoms with Crippen LogP contribution >= 0.6 is 0 Å². The first-order valence-corrected chi connectivity index (χ1v) is 5.32. The van der Waals surface area contributed by atoms with Crippen molar-refractivity contribution in [2.45, 2.75) is 19.8 Å². The third-order valence-corrected chi connectivity index (χ3v) is 2.32. The Balaban J connectivity index is 2.40. The fourth-order valence-electron chi connectivity index (χ4n) is 1.61. The van der Waals surface area contributed by atoms with E-state index < -0.39 is 0 Å². The van der Waals surface area contributed by atoms with Crippen molar-refractivity contribution in [3.63, 3.8) is 0 Å². The Bertz CT molecular complexity index is 489. The molecule has 5 heteroatoms. The Morgan fingerprint density at radius 2 is 2.25 bits per heavy atom. The van der Waals surface area contributed by atoms with Crippen molar-refractivity contribution in [3.8, 4) is 11.4 Å². The van der Waals surface area contributed by atoms with Crippen LogP contribution in [0.5, 0.6) is 0 Å². The second kappa shape index (κ2) is 4.30. The highest BCUT2D eigenvalue weighted by molar-refractivity contribution is 5.58. The van der Waals surface area contributed by atoms with Crippen LogP contribution in [0, 0.1) is 0 Å². The smallest absolute Gasteiger partial charge is 0.158 e. The van der Waals surface area contributed by atoms with Crippen molar-refractivity contribution in [3.05, 3.63) is 24.2 Å². The molecular formula is C11H15N5. The summed E-state index contributed by atoms with van der Waals surface area (Å²) in [7, 11) is 1.89. The van der Waals surface area contributed by atoms with Crippen molar-refractivity contribution in [2.75, 3.05) is 5.73 Å². The summed E-state index contributed by atoms with van der Waals surface area (Å²) in [6, 6.07) is 3.69. The van der Waals surface area contributed by atoms with E-state index in [0.29, 0.717) is 5.82 Å². The van der Waals surface area contributed by atoms with Gasteiger partial charge in [-0.2, -0.15) is 5.10 Å². The largest absolute Gasteiger partial charge is 0.384 e. The summed E-state index contributed by atoms with van der Waals surface area (Å²) in [6.45, 7) is 2.11. The lowest BCUT2D eigenvalue weighted by molar-refractivity contribution is 0.737. The third kappa shape index (κ3) is 2.03. The molecule has 2 aromatic rings. The van der Waals surface area contributed by atoms with Gasteiger partial charge in [-0.25, -0.2) is 14.6 Å². The third-order valence-electron chi connectivity index (χ3n) is 2.32. The van der Waals surface area contributed by atoms with E-state index in [2.05, 4.69) is 22.0 Å². The van der Waals surface area contributed by atoms with E-state index in [1.165, 1.54) is 0 Å². The Morgan fingerprint density at radius 1 is 1.44 bits per heavy atom. The standard InChI is InChI=1S/C11H15N5/c1-3-4-10-14-11(16(2)15-10)8-5-6-13-9(12)7-8/h5-7H,3-4H2,1-2H3,(H2,12,13). The average molecular weight is 217 g/mol. The molecule has 0 saturated carbocycles. The van der Waals surface area contributed by atoms with Crippen molar-refractivity contribution in [1.82, 2.24) is 19.7 Å². The number of aryl methyl sites for hydroxylation is 2. The SMILES string of the molecule is CCCc1nc(-c2ccnc(N)c2)n(C)n1. The number of aromatic nitrogens is 4. The molecule has 0 fully saturated rings. The molecule has 0 saturated heterocycles. The second-order valence-electron chi connectivity index (χ2n) is 3.69. The van der Waals surface area contributed by atoms with Gasteiger partial charge in [-0.3, -0.25) is 0 Å². The van der Waals surface area contributed by atoms with Gasteiger partial charge >= 0.3 is 0 Å². The highest BCUT2D eigenvalue weighted by Gasteiger charge is 2.08. The highest BCUT2D eigenvalue weighted by Crippen LogP contribution is 2.17. The van der Waals surface area contributed by atoms with Crippen molar-refractivity contribution >= 4 is 5.82 Å². The van der Waals surface area contributed by atoms with E-state index in [9.17, 15) is 0 Å². The molecule has 0 aliphatic rings. The molecule has 2 N–H and O–H groups in total. The lowest BCUT2D eigenvalue weighted by Crippen LogP contribution is -1.96. The van der Waals surface area contributed by atoms with Crippen LogP contribution in [-0.4, -0.2) is 19.7 Å². The van der Waals surface area contributed by atoms with Crippen LogP contribution in [0.25, 0.3) is 11.4 Å². The average Bonchev–Trinajstić information content (AvgIpc) is 2.60. The summed E-state index contributed by atoms with van der Waals surface area (Å²) in [5.74, 6) is 2.20. The number of nitrogen functional groups attached to an aromatic ring is 1. The number of nitrogens with zero attached hydrogens (tertiary/aromatic N) is 4. The number of anilines is 1. The van der Waals surface area contributed by atoms with E-state index >= 15 is 0 Å². The van der Waals surface area contributed by atoms with Crippen LogP contribution in [0.4, 0.5) is 5.82 Å². The lowest BCUT2D eigenvalue weighted by atomic mass is 10.2. The van der Waals surface area contributed by atoms with Gasteiger partial charge in [0, 0.05) is 25.2 Å². The summed E-state index contributed by atoms with van der Waals surface area (Å²) < 4.78 is 1.78. The summed E-state index contributed by atoms with van der Waals surface area (Å²) >= 11 is 0. The van der Waals surface area contributed by atoms with Gasteiger partial charge in [-0.15, -0.1) is 0 Å². The Labute approximate surface area is 94.3 Å². The molecule has 0 bridgehead atoms. The minimum Gasteiger partial charge on any atom is -0.384 e. The van der Waals surface area contributed by atoms with Crippen molar-refractivity contribution in [2.24, 2.45) is 7.05 Å². The van der Waals surface area contributed by atoms with Crippen molar-refractivity contribution in [1.29, 1.82) is 0 Å². The molecule has 2 rings (SSSR count). The quantitative estimate of drug-likeness (QED) is 0.844. The van der Waals surface area contributed by atoms with E-state index in [4.69, 9.17) is 5.73 Å². The number of rotatable bonds is 3. The summed E-state index contributed by atoms with van der Waals surface area (Å²) in [5, 5.41) is 4.35. The van der Waals surface area contributed by atoms with Gasteiger partial charge in [0.25, 0.3) is 0 Å². The summed E-state index contributed by atoms with van der Waals surface area (Å²) in [5.41, 5.74) is 6.59. The molecule has 0 spiro atoms. The number of hydrogen-bond acceptors (Lipinski definition) is 4. The maximum atomic E-state index is 5.64. The first kappa shape index (κ1) is 10.6. The first-order chi connectivity index (χ1) is 7.70. The molecule has 0 aliphatic carbocycles. The fourth-order valence-corrected chi connectivity index (χ4v) is 1.61. The Morgan fingerprint density at radius 3 is 2.94 bits per heavy atom. The van der Waals surface area contributed by atoms with Crippen molar-refractivity contribution < 1.29 is 0 Å². The van der Waals surface area contributed by atoms with Gasteiger partial charge in [0.05, 0.1) is 0 Å². The zero-order valence-corrected chi connectivity index (χ0v) is 9.51. The van der Waals surface area contributed by atoms with Crippen LogP contribution in [0.3, 0.4) is 0 Å². The fraction of sp³-hybridized carbons (Fsp3) is 0.364. The minimum absolute atomic E-state index is 0.498. The zero-order valence-electron chi connectivity index (χ0n) is 9.51. The molecule has 16 heavy (non-hydrogen) atoms. The molecule has 0 aromatic carbocycles. The van der Waals surface area contributed by atoms with E-state index in [0.717, 1.165) is 30.1 Å². The predicted octanol–water partition coefficient (Wildman–Crippen LogP) is 1.41. The van der Waals surface area contributed by atoms with Gasteiger partial charge in [0.1, 0.15) is 5.82 Å². The normalized spacial score (nSPS) is 10.6. The molecule has 84 valence electrons. The molecule has 2 heterocycles. The molecule has 2 aromatic heterocycles. The van der Waals surface area contributed by atoms with Gasteiger partial charge < -0.3 is 5.73 Å². The minimum atomic E-state index is 0.498. The van der Waals surface area contributed by atoms with Gasteiger partial charge in [-0.05, 0) is 18.6 Å². The predicted molar refractivity (Wildman–Crippen MR) is 62.6 cm³/mol. The van der Waals surface area contributed by atoms with E-state index in [-0.39, 0.29) is 0 Å². The first-order valence-electron chi connectivity index (χ1n) is 5.32. The maximum Gasteiger partial charge on any atom is 0.158 e. The lowest BCUT2D eigenvalue weighted by Gasteiger charge is -1.99.